The average Bonchev–Trinajstić information content (AvgIpc) is 2.59. The summed E-state index contributed by atoms with van der Waals surface area (Å²) in [7, 11) is 1.44. The molecule has 1 amide bonds. The molecule has 0 fully saturated rings. The molecule has 2 N–H and O–H groups in total. The third-order valence-electron chi connectivity index (χ3n) is 3.30. The maximum Gasteiger partial charge on any atom is 0.276 e. The lowest BCUT2D eigenvalue weighted by Crippen LogP contribution is -2.30. The summed E-state index contributed by atoms with van der Waals surface area (Å²) >= 11 is 3.23. The fourth-order valence-corrected chi connectivity index (χ4v) is 2.44. The summed E-state index contributed by atoms with van der Waals surface area (Å²) < 4.78 is 6.79. The van der Waals surface area contributed by atoms with Crippen LogP contribution in [-0.4, -0.2) is 28.9 Å². The van der Waals surface area contributed by atoms with Crippen molar-refractivity contribution in [1.29, 1.82) is 0 Å². The quantitative estimate of drug-likeness (QED) is 0.600. The molecule has 24 heavy (non-hydrogen) atoms. The minimum Gasteiger partial charge on any atom is -0.503 e. The number of nitrogens with zero attached hydrogens (tertiary/aromatic N) is 2. The van der Waals surface area contributed by atoms with Gasteiger partial charge >= 0.3 is 0 Å². The highest BCUT2D eigenvalue weighted by atomic mass is 79.9. The molecule has 0 saturated heterocycles. The molecule has 8 heteroatoms. The number of methoxy groups -OCH3 is 1. The van der Waals surface area contributed by atoms with Gasteiger partial charge < -0.3 is 14.4 Å². The van der Waals surface area contributed by atoms with Crippen LogP contribution in [0.2, 0.25) is 0 Å². The maximum absolute atomic E-state index is 12.1. The zero-order valence-electron chi connectivity index (χ0n) is 13.1. The summed E-state index contributed by atoms with van der Waals surface area (Å²) in [5.74, 6) is -0.359. The van der Waals surface area contributed by atoms with E-state index in [1.807, 2.05) is 6.92 Å². The van der Waals surface area contributed by atoms with Crippen LogP contribution in [0.4, 0.5) is 0 Å². The van der Waals surface area contributed by atoms with E-state index in [0.29, 0.717) is 22.3 Å². The number of amides is 1. The number of aromatic hydroxyl groups is 1. The SMILES string of the molecule is CCn1cccc(C(=O)N/N=C\c2ccc(OC)c(O)c2Br)c1=O. The zero-order chi connectivity index (χ0) is 17.7. The minimum absolute atomic E-state index is 0.00754. The number of benzene rings is 1. The highest BCUT2D eigenvalue weighted by molar-refractivity contribution is 9.10. The number of pyridine rings is 1. The van der Waals surface area contributed by atoms with Crippen molar-refractivity contribution in [3.05, 3.63) is 56.4 Å². The second-order valence-corrected chi connectivity index (χ2v) is 5.52. The molecule has 2 rings (SSSR count). The highest BCUT2D eigenvalue weighted by Crippen LogP contribution is 2.35. The van der Waals surface area contributed by atoms with Gasteiger partial charge in [0.15, 0.2) is 11.5 Å². The Balaban J connectivity index is 2.17. The van der Waals surface area contributed by atoms with E-state index in [4.69, 9.17) is 4.74 Å². The van der Waals surface area contributed by atoms with E-state index in [1.54, 1.807) is 24.4 Å². The molecule has 1 aromatic heterocycles. The lowest BCUT2D eigenvalue weighted by atomic mass is 10.2. The molecule has 0 atom stereocenters. The van der Waals surface area contributed by atoms with Gasteiger partial charge in [0.2, 0.25) is 0 Å². The number of carbonyl (C=O) groups is 1. The van der Waals surface area contributed by atoms with Gasteiger partial charge in [-0.15, -0.1) is 0 Å². The Kier molecular flexibility index (Phi) is 5.75. The Morgan fingerprint density at radius 3 is 2.88 bits per heavy atom. The number of carbonyl (C=O) groups excluding carboxylic acids is 1. The van der Waals surface area contributed by atoms with Gasteiger partial charge in [-0.2, -0.15) is 5.10 Å². The third-order valence-corrected chi connectivity index (χ3v) is 4.14. The first kappa shape index (κ1) is 17.7. The van der Waals surface area contributed by atoms with Gasteiger partial charge in [-0.05, 0) is 47.1 Å². The molecule has 0 bridgehead atoms. The molecule has 126 valence electrons. The van der Waals surface area contributed by atoms with Gasteiger partial charge in [-0.3, -0.25) is 9.59 Å². The minimum atomic E-state index is -0.604. The van der Waals surface area contributed by atoms with Crippen LogP contribution in [0.1, 0.15) is 22.8 Å². The van der Waals surface area contributed by atoms with E-state index in [0.717, 1.165) is 0 Å². The highest BCUT2D eigenvalue weighted by Gasteiger charge is 2.12. The molecule has 0 unspecified atom stereocenters. The smallest absolute Gasteiger partial charge is 0.276 e. The zero-order valence-corrected chi connectivity index (χ0v) is 14.7. The molecule has 0 spiro atoms. The van der Waals surface area contributed by atoms with Crippen molar-refractivity contribution in [1.82, 2.24) is 9.99 Å². The van der Waals surface area contributed by atoms with Crippen molar-refractivity contribution in [2.24, 2.45) is 5.10 Å². The molecular weight excluding hydrogens is 378 g/mol. The second-order valence-electron chi connectivity index (χ2n) is 4.73. The van der Waals surface area contributed by atoms with Crippen LogP contribution in [-0.2, 0) is 6.54 Å². The average molecular weight is 394 g/mol. The lowest BCUT2D eigenvalue weighted by molar-refractivity contribution is 0.0953. The summed E-state index contributed by atoms with van der Waals surface area (Å²) in [5, 5.41) is 13.7. The second kappa shape index (κ2) is 7.78. The Morgan fingerprint density at radius 1 is 1.46 bits per heavy atom. The van der Waals surface area contributed by atoms with E-state index >= 15 is 0 Å². The summed E-state index contributed by atoms with van der Waals surface area (Å²) in [6, 6.07) is 6.29. The van der Waals surface area contributed by atoms with Crippen LogP contribution in [0.3, 0.4) is 0 Å². The van der Waals surface area contributed by atoms with E-state index in [-0.39, 0.29) is 16.9 Å². The van der Waals surface area contributed by atoms with Gasteiger partial charge in [0, 0.05) is 18.3 Å². The summed E-state index contributed by atoms with van der Waals surface area (Å²) in [6.07, 6.45) is 2.96. The van der Waals surface area contributed by atoms with E-state index in [2.05, 4.69) is 26.5 Å². The Hall–Kier alpha value is -2.61. The fraction of sp³-hybridized carbons (Fsp3) is 0.188. The van der Waals surface area contributed by atoms with Gasteiger partial charge in [-0.1, -0.05) is 0 Å². The van der Waals surface area contributed by atoms with E-state index in [9.17, 15) is 14.7 Å². The normalized spacial score (nSPS) is 10.8. The van der Waals surface area contributed by atoms with E-state index in [1.165, 1.54) is 24.0 Å². The molecule has 0 aliphatic rings. The molecule has 1 heterocycles. The first-order chi connectivity index (χ1) is 11.5. The van der Waals surface area contributed by atoms with Crippen LogP contribution >= 0.6 is 15.9 Å². The number of phenols is 1. The van der Waals surface area contributed by atoms with Crippen molar-refractivity contribution < 1.29 is 14.6 Å². The number of halogens is 1. The number of nitrogens with one attached hydrogen (secondary N) is 1. The van der Waals surface area contributed by atoms with Gasteiger partial charge in [0.25, 0.3) is 11.5 Å². The van der Waals surface area contributed by atoms with Gasteiger partial charge in [-0.25, -0.2) is 5.43 Å². The van der Waals surface area contributed by atoms with Crippen molar-refractivity contribution in [2.45, 2.75) is 13.5 Å². The predicted octanol–water partition coefficient (Wildman–Crippen LogP) is 2.11. The molecule has 1 aromatic carbocycles. The molecular formula is C16H16BrN3O4. The largest absolute Gasteiger partial charge is 0.503 e. The number of aryl methyl sites for hydroxylation is 1. The van der Waals surface area contributed by atoms with Crippen molar-refractivity contribution in [3.63, 3.8) is 0 Å². The van der Waals surface area contributed by atoms with Crippen LogP contribution in [0.5, 0.6) is 11.5 Å². The molecule has 2 aromatic rings. The fourth-order valence-electron chi connectivity index (χ4n) is 2.01. The van der Waals surface area contributed by atoms with Crippen LogP contribution in [0.15, 0.2) is 44.8 Å². The molecule has 0 aliphatic carbocycles. The number of hydrazone groups is 1. The molecule has 0 saturated carbocycles. The molecule has 0 radical (unpaired) electrons. The standard InChI is InChI=1S/C16H16BrN3O4/c1-3-20-8-4-5-11(16(20)23)15(22)19-18-9-10-6-7-12(24-2)14(21)13(10)17/h4-9,21H,3H2,1-2H3,(H,19,22)/b18-9-. The Morgan fingerprint density at radius 2 is 2.21 bits per heavy atom. The van der Waals surface area contributed by atoms with Crippen LogP contribution < -0.4 is 15.7 Å². The van der Waals surface area contributed by atoms with Crippen molar-refractivity contribution in [3.8, 4) is 11.5 Å². The first-order valence-electron chi connectivity index (χ1n) is 7.07. The van der Waals surface area contributed by atoms with Gasteiger partial charge in [0.05, 0.1) is 17.8 Å². The predicted molar refractivity (Wildman–Crippen MR) is 93.8 cm³/mol. The van der Waals surface area contributed by atoms with Crippen LogP contribution in [0.25, 0.3) is 0 Å². The summed E-state index contributed by atoms with van der Waals surface area (Å²) in [5.41, 5.74) is 2.46. The number of ether oxygens (including phenoxy) is 1. The topological polar surface area (TPSA) is 92.9 Å². The number of rotatable bonds is 5. The van der Waals surface area contributed by atoms with Crippen LogP contribution in [0, 0.1) is 0 Å². The molecule has 7 nitrogen and oxygen atoms in total. The Labute approximate surface area is 146 Å². The number of hydrogen-bond acceptors (Lipinski definition) is 5. The third kappa shape index (κ3) is 3.65. The lowest BCUT2D eigenvalue weighted by Gasteiger charge is -2.07. The van der Waals surface area contributed by atoms with E-state index < -0.39 is 5.91 Å². The van der Waals surface area contributed by atoms with Crippen molar-refractivity contribution in [2.75, 3.05) is 7.11 Å². The Bertz CT molecular complexity index is 846. The number of phenolic OH excluding ortho intramolecular Hbond substituents is 1. The number of hydrogen-bond donors (Lipinski definition) is 2. The summed E-state index contributed by atoms with van der Waals surface area (Å²) in [4.78, 5) is 24.1. The van der Waals surface area contributed by atoms with Crippen molar-refractivity contribution >= 4 is 28.1 Å². The number of aromatic nitrogens is 1. The first-order valence-corrected chi connectivity index (χ1v) is 7.87. The molecule has 0 aliphatic heterocycles. The summed E-state index contributed by atoms with van der Waals surface area (Å²) in [6.45, 7) is 2.29. The monoisotopic (exact) mass is 393 g/mol. The maximum atomic E-state index is 12.1. The van der Waals surface area contributed by atoms with Gasteiger partial charge in [0.1, 0.15) is 5.56 Å².